The molecule has 0 amide bonds. The summed E-state index contributed by atoms with van der Waals surface area (Å²) in [5.41, 5.74) is 6.66. The fraction of sp³-hybridized carbons (Fsp3) is 0.444. The van der Waals surface area contributed by atoms with Crippen LogP contribution < -0.4 is 5.73 Å². The van der Waals surface area contributed by atoms with E-state index in [0.29, 0.717) is 6.42 Å². The first-order chi connectivity index (χ1) is 6.59. The molecule has 74 valence electrons. The largest absolute Gasteiger partial charge is 0.325 e. The van der Waals surface area contributed by atoms with E-state index in [1.807, 2.05) is 0 Å². The third-order valence-electron chi connectivity index (χ3n) is 2.45. The molecule has 5 heteroatoms. The van der Waals surface area contributed by atoms with Crippen LogP contribution in [0, 0.1) is 10.1 Å². The van der Waals surface area contributed by atoms with Crippen LogP contribution in [0.5, 0.6) is 0 Å². The predicted molar refractivity (Wildman–Crippen MR) is 50.7 cm³/mol. The molecule has 14 heavy (non-hydrogen) atoms. The highest BCUT2D eigenvalue weighted by Crippen LogP contribution is 2.35. The minimum Gasteiger partial charge on any atom is -0.325 e. The summed E-state index contributed by atoms with van der Waals surface area (Å²) in [6.07, 6.45) is 4.03. The average Bonchev–Trinajstić information content (AvgIpc) is 2.84. The predicted octanol–water partition coefficient (Wildman–Crippen LogP) is 1.02. The molecule has 0 radical (unpaired) electrons. The Kier molecular flexibility index (Phi) is 1.96. The number of nitrogens with two attached hydrogens (primary N) is 1. The maximum absolute atomic E-state index is 10.4. The third-order valence-corrected chi connectivity index (χ3v) is 2.45. The van der Waals surface area contributed by atoms with Crippen molar-refractivity contribution in [3.05, 3.63) is 34.1 Å². The minimum atomic E-state index is -0.452. The summed E-state index contributed by atoms with van der Waals surface area (Å²) in [4.78, 5) is 13.9. The molecule has 0 bridgehead atoms. The molecule has 1 heterocycles. The van der Waals surface area contributed by atoms with Crippen molar-refractivity contribution in [1.82, 2.24) is 4.98 Å². The highest BCUT2D eigenvalue weighted by molar-refractivity contribution is 5.27. The molecule has 0 saturated heterocycles. The van der Waals surface area contributed by atoms with Gasteiger partial charge >= 0.3 is 0 Å². The standard InChI is InChI=1S/C9H11N3O2/c10-9(3-4-9)5-7-1-2-8(6-11-7)12(13)14/h1-2,6H,3-5,10H2. The second-order valence-electron chi connectivity index (χ2n) is 3.80. The molecule has 1 saturated carbocycles. The van der Waals surface area contributed by atoms with Gasteiger partial charge in [-0.05, 0) is 18.9 Å². The van der Waals surface area contributed by atoms with E-state index >= 15 is 0 Å². The highest BCUT2D eigenvalue weighted by Gasteiger charge is 2.38. The lowest BCUT2D eigenvalue weighted by Crippen LogP contribution is -2.24. The van der Waals surface area contributed by atoms with Crippen molar-refractivity contribution in [2.24, 2.45) is 5.73 Å². The number of nitro groups is 1. The van der Waals surface area contributed by atoms with Gasteiger partial charge in [0.2, 0.25) is 0 Å². The van der Waals surface area contributed by atoms with Gasteiger partial charge in [-0.25, -0.2) is 0 Å². The maximum atomic E-state index is 10.4. The summed E-state index contributed by atoms with van der Waals surface area (Å²) in [6, 6.07) is 3.14. The summed E-state index contributed by atoms with van der Waals surface area (Å²) in [5, 5.41) is 10.4. The molecule has 2 rings (SSSR count). The SMILES string of the molecule is NC1(Cc2ccc([N+](=O)[O-])cn2)CC1. The van der Waals surface area contributed by atoms with Gasteiger partial charge in [-0.2, -0.15) is 0 Å². The number of aromatic nitrogens is 1. The van der Waals surface area contributed by atoms with E-state index in [2.05, 4.69) is 4.98 Å². The Labute approximate surface area is 81.1 Å². The van der Waals surface area contributed by atoms with Crippen LogP contribution >= 0.6 is 0 Å². The Bertz CT molecular complexity index is 357. The number of hydrogen-bond donors (Lipinski definition) is 1. The van der Waals surface area contributed by atoms with Crippen molar-refractivity contribution in [3.63, 3.8) is 0 Å². The summed E-state index contributed by atoms with van der Waals surface area (Å²) < 4.78 is 0. The van der Waals surface area contributed by atoms with E-state index in [9.17, 15) is 10.1 Å². The van der Waals surface area contributed by atoms with Crippen molar-refractivity contribution in [3.8, 4) is 0 Å². The summed E-state index contributed by atoms with van der Waals surface area (Å²) in [7, 11) is 0. The van der Waals surface area contributed by atoms with Crippen LogP contribution in [0.2, 0.25) is 0 Å². The van der Waals surface area contributed by atoms with Crippen LogP contribution in [0.3, 0.4) is 0 Å². The van der Waals surface area contributed by atoms with Crippen molar-refractivity contribution in [2.45, 2.75) is 24.8 Å². The molecular formula is C9H11N3O2. The molecule has 2 N–H and O–H groups in total. The number of hydrogen-bond acceptors (Lipinski definition) is 4. The van der Waals surface area contributed by atoms with Crippen LogP contribution in [0.1, 0.15) is 18.5 Å². The fourth-order valence-corrected chi connectivity index (χ4v) is 1.33. The van der Waals surface area contributed by atoms with Crippen LogP contribution in [0.15, 0.2) is 18.3 Å². The lowest BCUT2D eigenvalue weighted by Gasteiger charge is -2.06. The summed E-state index contributed by atoms with van der Waals surface area (Å²) in [5.74, 6) is 0. The van der Waals surface area contributed by atoms with Gasteiger partial charge in [0, 0.05) is 23.7 Å². The van der Waals surface area contributed by atoms with E-state index in [-0.39, 0.29) is 11.2 Å². The zero-order chi connectivity index (χ0) is 10.2. The molecule has 1 fully saturated rings. The zero-order valence-corrected chi connectivity index (χ0v) is 7.64. The van der Waals surface area contributed by atoms with Gasteiger partial charge in [-0.15, -0.1) is 0 Å². The van der Waals surface area contributed by atoms with E-state index in [1.54, 1.807) is 6.07 Å². The second kappa shape index (κ2) is 3.02. The van der Waals surface area contributed by atoms with E-state index in [4.69, 9.17) is 5.73 Å². The zero-order valence-electron chi connectivity index (χ0n) is 7.64. The van der Waals surface area contributed by atoms with E-state index in [1.165, 1.54) is 12.3 Å². The highest BCUT2D eigenvalue weighted by atomic mass is 16.6. The summed E-state index contributed by atoms with van der Waals surface area (Å²) in [6.45, 7) is 0. The maximum Gasteiger partial charge on any atom is 0.287 e. The average molecular weight is 193 g/mol. The normalized spacial score (nSPS) is 17.8. The smallest absolute Gasteiger partial charge is 0.287 e. The van der Waals surface area contributed by atoms with Gasteiger partial charge < -0.3 is 5.73 Å². The van der Waals surface area contributed by atoms with Crippen LogP contribution in [0.25, 0.3) is 0 Å². The van der Waals surface area contributed by atoms with Crippen molar-refractivity contribution >= 4 is 5.69 Å². The summed E-state index contributed by atoms with van der Waals surface area (Å²) >= 11 is 0. The molecule has 0 atom stereocenters. The molecule has 1 aromatic rings. The van der Waals surface area contributed by atoms with Gasteiger partial charge in [-0.3, -0.25) is 15.1 Å². The first-order valence-electron chi connectivity index (χ1n) is 4.47. The molecule has 1 aromatic heterocycles. The second-order valence-corrected chi connectivity index (χ2v) is 3.80. The van der Waals surface area contributed by atoms with Gasteiger partial charge in [0.25, 0.3) is 5.69 Å². The third kappa shape index (κ3) is 1.88. The molecule has 0 spiro atoms. The topological polar surface area (TPSA) is 82.0 Å². The van der Waals surface area contributed by atoms with Gasteiger partial charge in [0.15, 0.2) is 0 Å². The quantitative estimate of drug-likeness (QED) is 0.574. The van der Waals surface area contributed by atoms with Gasteiger partial charge in [0.05, 0.1) is 4.92 Å². The van der Waals surface area contributed by atoms with E-state index in [0.717, 1.165) is 18.5 Å². The molecule has 0 unspecified atom stereocenters. The number of nitrogens with zero attached hydrogens (tertiary/aromatic N) is 2. The number of pyridine rings is 1. The molecule has 1 aliphatic rings. The molecule has 5 nitrogen and oxygen atoms in total. The fourth-order valence-electron chi connectivity index (χ4n) is 1.33. The van der Waals surface area contributed by atoms with Crippen molar-refractivity contribution < 1.29 is 4.92 Å². The Balaban J connectivity index is 2.10. The Morgan fingerprint density at radius 2 is 2.29 bits per heavy atom. The van der Waals surface area contributed by atoms with Gasteiger partial charge in [-0.1, -0.05) is 0 Å². The molecule has 0 aliphatic heterocycles. The first-order valence-corrected chi connectivity index (χ1v) is 4.47. The van der Waals surface area contributed by atoms with Gasteiger partial charge in [0.1, 0.15) is 6.20 Å². The van der Waals surface area contributed by atoms with Crippen LogP contribution in [-0.2, 0) is 6.42 Å². The van der Waals surface area contributed by atoms with Crippen LogP contribution in [-0.4, -0.2) is 15.4 Å². The Morgan fingerprint density at radius 3 is 2.71 bits per heavy atom. The monoisotopic (exact) mass is 193 g/mol. The molecule has 0 aromatic carbocycles. The lowest BCUT2D eigenvalue weighted by atomic mass is 10.1. The number of rotatable bonds is 3. The van der Waals surface area contributed by atoms with E-state index < -0.39 is 4.92 Å². The Morgan fingerprint density at radius 1 is 1.57 bits per heavy atom. The Hall–Kier alpha value is -1.49. The van der Waals surface area contributed by atoms with Crippen molar-refractivity contribution in [2.75, 3.05) is 0 Å². The molecular weight excluding hydrogens is 182 g/mol. The first kappa shape index (κ1) is 9.08. The minimum absolute atomic E-state index is 0.0237. The van der Waals surface area contributed by atoms with Crippen molar-refractivity contribution in [1.29, 1.82) is 0 Å². The lowest BCUT2D eigenvalue weighted by molar-refractivity contribution is -0.385. The van der Waals surface area contributed by atoms with Crippen LogP contribution in [0.4, 0.5) is 5.69 Å². The molecule has 1 aliphatic carbocycles.